The van der Waals surface area contributed by atoms with Gasteiger partial charge < -0.3 is 9.53 Å². The minimum absolute atomic E-state index is 0.370. The van der Waals surface area contributed by atoms with Crippen molar-refractivity contribution in [1.82, 2.24) is 0 Å². The van der Waals surface area contributed by atoms with Crippen molar-refractivity contribution in [2.24, 2.45) is 0 Å². The lowest BCUT2D eigenvalue weighted by molar-refractivity contribution is -0.107. The monoisotopic (exact) mass is 260 g/mol. The van der Waals surface area contributed by atoms with Crippen molar-refractivity contribution >= 4 is 17.9 Å². The number of methoxy groups -OCH3 is 1. The molecule has 0 saturated carbocycles. The molecule has 92 valence electrons. The fourth-order valence-electron chi connectivity index (χ4n) is 1.87. The molecular weight excluding hydrogens is 248 g/mol. The van der Waals surface area contributed by atoms with Crippen LogP contribution in [-0.2, 0) is 11.2 Å². The third kappa shape index (κ3) is 2.71. The van der Waals surface area contributed by atoms with E-state index in [1.165, 1.54) is 0 Å². The molecule has 2 aromatic rings. The fraction of sp³-hybridized carbons (Fsp3) is 0.133. The first-order valence-corrected chi connectivity index (χ1v) is 5.99. The first kappa shape index (κ1) is 12.7. The van der Waals surface area contributed by atoms with Gasteiger partial charge >= 0.3 is 0 Å². The Hall–Kier alpha value is -1.80. The Morgan fingerprint density at radius 2 is 1.89 bits per heavy atom. The summed E-state index contributed by atoms with van der Waals surface area (Å²) in [6.07, 6.45) is 1.27. The van der Waals surface area contributed by atoms with Gasteiger partial charge in [0.2, 0.25) is 0 Å². The number of carbonyl (C=O) groups is 1. The van der Waals surface area contributed by atoms with Gasteiger partial charge in [0.25, 0.3) is 0 Å². The average molecular weight is 261 g/mol. The van der Waals surface area contributed by atoms with Gasteiger partial charge in [-0.2, -0.15) is 0 Å². The van der Waals surface area contributed by atoms with E-state index in [-0.39, 0.29) is 0 Å². The van der Waals surface area contributed by atoms with Crippen molar-refractivity contribution in [1.29, 1.82) is 0 Å². The first-order valence-electron chi connectivity index (χ1n) is 5.61. The first-order chi connectivity index (χ1) is 8.74. The molecule has 0 saturated heterocycles. The van der Waals surface area contributed by atoms with E-state index in [2.05, 4.69) is 0 Å². The van der Waals surface area contributed by atoms with E-state index in [9.17, 15) is 4.79 Å². The van der Waals surface area contributed by atoms with Crippen LogP contribution in [0.2, 0.25) is 5.02 Å². The van der Waals surface area contributed by atoms with Crippen LogP contribution in [0.3, 0.4) is 0 Å². The van der Waals surface area contributed by atoms with Gasteiger partial charge in [-0.05, 0) is 41.0 Å². The summed E-state index contributed by atoms with van der Waals surface area (Å²) in [5.74, 6) is 0.754. The second kappa shape index (κ2) is 5.69. The molecule has 0 aliphatic rings. The van der Waals surface area contributed by atoms with E-state index in [0.29, 0.717) is 11.4 Å². The number of aldehydes is 1. The van der Waals surface area contributed by atoms with E-state index in [4.69, 9.17) is 16.3 Å². The third-order valence-corrected chi connectivity index (χ3v) is 3.02. The molecule has 2 nitrogen and oxygen atoms in total. The Morgan fingerprint density at radius 1 is 1.17 bits per heavy atom. The summed E-state index contributed by atoms with van der Waals surface area (Å²) < 4.78 is 5.17. The molecule has 0 bridgehead atoms. The van der Waals surface area contributed by atoms with Crippen LogP contribution in [0.25, 0.3) is 11.1 Å². The SMILES string of the molecule is COc1ccc(-c2ccc(Cl)cc2)c(CC=O)c1. The number of benzene rings is 2. The van der Waals surface area contributed by atoms with E-state index < -0.39 is 0 Å². The molecule has 0 unspecified atom stereocenters. The molecule has 0 spiro atoms. The quantitative estimate of drug-likeness (QED) is 0.783. The van der Waals surface area contributed by atoms with Crippen LogP contribution in [0.15, 0.2) is 42.5 Å². The van der Waals surface area contributed by atoms with Gasteiger partial charge in [0.15, 0.2) is 0 Å². The fourth-order valence-corrected chi connectivity index (χ4v) is 1.99. The highest BCUT2D eigenvalue weighted by Crippen LogP contribution is 2.28. The maximum Gasteiger partial charge on any atom is 0.124 e. The zero-order valence-corrected chi connectivity index (χ0v) is 10.8. The molecule has 0 aliphatic heterocycles. The smallest absolute Gasteiger partial charge is 0.124 e. The van der Waals surface area contributed by atoms with Gasteiger partial charge in [0.05, 0.1) is 7.11 Å². The van der Waals surface area contributed by atoms with E-state index in [1.54, 1.807) is 7.11 Å². The van der Waals surface area contributed by atoms with Crippen LogP contribution >= 0.6 is 11.6 Å². The highest BCUT2D eigenvalue weighted by atomic mass is 35.5. The summed E-state index contributed by atoms with van der Waals surface area (Å²) in [5, 5.41) is 0.698. The standard InChI is InChI=1S/C15H13ClO2/c1-18-14-6-7-15(12(10-14)8-9-17)11-2-4-13(16)5-3-11/h2-7,9-10H,8H2,1H3. The zero-order valence-electron chi connectivity index (χ0n) is 10.0. The molecule has 0 atom stereocenters. The molecule has 0 amide bonds. The van der Waals surface area contributed by atoms with Gasteiger partial charge in [-0.1, -0.05) is 29.8 Å². The van der Waals surface area contributed by atoms with Crippen LogP contribution in [0.4, 0.5) is 0 Å². The number of carbonyl (C=O) groups excluding carboxylic acids is 1. The summed E-state index contributed by atoms with van der Waals surface area (Å²) in [6.45, 7) is 0. The Kier molecular flexibility index (Phi) is 4.00. The molecule has 0 fully saturated rings. The van der Waals surface area contributed by atoms with Gasteiger partial charge in [-0.25, -0.2) is 0 Å². The Balaban J connectivity index is 2.48. The molecule has 18 heavy (non-hydrogen) atoms. The predicted molar refractivity (Wildman–Crippen MR) is 73.2 cm³/mol. The minimum atomic E-state index is 0.370. The highest BCUT2D eigenvalue weighted by Gasteiger charge is 2.06. The Labute approximate surface area is 111 Å². The van der Waals surface area contributed by atoms with Crippen molar-refractivity contribution in [3.05, 3.63) is 53.1 Å². The van der Waals surface area contributed by atoms with Crippen molar-refractivity contribution in [2.75, 3.05) is 7.11 Å². The number of hydrogen-bond donors (Lipinski definition) is 0. The normalized spacial score (nSPS) is 10.1. The summed E-state index contributed by atoms with van der Waals surface area (Å²) in [5.41, 5.74) is 3.02. The van der Waals surface area contributed by atoms with Crippen LogP contribution in [0.1, 0.15) is 5.56 Å². The predicted octanol–water partition coefficient (Wildman–Crippen LogP) is 3.76. The molecule has 0 N–H and O–H groups in total. The molecular formula is C15H13ClO2. The summed E-state index contributed by atoms with van der Waals surface area (Å²) in [7, 11) is 1.61. The Bertz CT molecular complexity index is 547. The summed E-state index contributed by atoms with van der Waals surface area (Å²) in [4.78, 5) is 10.7. The van der Waals surface area contributed by atoms with Crippen molar-refractivity contribution < 1.29 is 9.53 Å². The minimum Gasteiger partial charge on any atom is -0.497 e. The van der Waals surface area contributed by atoms with E-state index in [1.807, 2.05) is 42.5 Å². The van der Waals surface area contributed by atoms with Crippen LogP contribution in [0.5, 0.6) is 5.75 Å². The lowest BCUT2D eigenvalue weighted by Gasteiger charge is -2.10. The zero-order chi connectivity index (χ0) is 13.0. The third-order valence-electron chi connectivity index (χ3n) is 2.77. The van der Waals surface area contributed by atoms with Crippen molar-refractivity contribution in [2.45, 2.75) is 6.42 Å². The molecule has 3 heteroatoms. The van der Waals surface area contributed by atoms with Gasteiger partial charge in [-0.3, -0.25) is 0 Å². The van der Waals surface area contributed by atoms with E-state index >= 15 is 0 Å². The maximum absolute atomic E-state index is 10.7. The second-order valence-corrected chi connectivity index (χ2v) is 4.34. The molecule has 2 rings (SSSR count). The molecule has 2 aromatic carbocycles. The molecule has 0 radical (unpaired) electrons. The second-order valence-electron chi connectivity index (χ2n) is 3.90. The van der Waals surface area contributed by atoms with Crippen LogP contribution in [0, 0.1) is 0 Å². The number of hydrogen-bond acceptors (Lipinski definition) is 2. The van der Waals surface area contributed by atoms with Crippen molar-refractivity contribution in [3.63, 3.8) is 0 Å². The van der Waals surface area contributed by atoms with Gasteiger partial charge in [-0.15, -0.1) is 0 Å². The topological polar surface area (TPSA) is 26.3 Å². The number of halogens is 1. The summed E-state index contributed by atoms with van der Waals surface area (Å²) in [6, 6.07) is 13.3. The van der Waals surface area contributed by atoms with Crippen LogP contribution in [-0.4, -0.2) is 13.4 Å². The van der Waals surface area contributed by atoms with Gasteiger partial charge in [0.1, 0.15) is 12.0 Å². The van der Waals surface area contributed by atoms with Crippen LogP contribution < -0.4 is 4.74 Å². The molecule has 0 heterocycles. The number of ether oxygens (including phenoxy) is 1. The van der Waals surface area contributed by atoms with E-state index in [0.717, 1.165) is 28.7 Å². The number of rotatable bonds is 4. The molecule has 0 aliphatic carbocycles. The maximum atomic E-state index is 10.7. The lowest BCUT2D eigenvalue weighted by atomic mass is 9.98. The Morgan fingerprint density at radius 3 is 2.50 bits per heavy atom. The van der Waals surface area contributed by atoms with Crippen molar-refractivity contribution in [3.8, 4) is 16.9 Å². The highest BCUT2D eigenvalue weighted by molar-refractivity contribution is 6.30. The lowest BCUT2D eigenvalue weighted by Crippen LogP contribution is -1.93. The largest absolute Gasteiger partial charge is 0.497 e. The van der Waals surface area contributed by atoms with Gasteiger partial charge in [0, 0.05) is 11.4 Å². The molecule has 0 aromatic heterocycles. The summed E-state index contributed by atoms with van der Waals surface area (Å²) >= 11 is 5.87. The average Bonchev–Trinajstić information content (AvgIpc) is 2.40.